The fraction of sp³-hybridized carbons (Fsp3) is 0.0833. The van der Waals surface area contributed by atoms with Crippen LogP contribution in [0.5, 0.6) is 11.5 Å². The van der Waals surface area contributed by atoms with Crippen molar-refractivity contribution in [1.82, 2.24) is 9.97 Å². The summed E-state index contributed by atoms with van der Waals surface area (Å²) in [6.07, 6.45) is 0. The highest BCUT2D eigenvalue weighted by molar-refractivity contribution is 5.77. The molecule has 0 bridgehead atoms. The first-order valence-corrected chi connectivity index (χ1v) is 5.77. The molecular formula is C12H10N6O4. The van der Waals surface area contributed by atoms with Gasteiger partial charge in [0, 0.05) is 11.6 Å². The topological polar surface area (TPSA) is 174 Å². The van der Waals surface area contributed by atoms with Crippen LogP contribution in [0.4, 0.5) is 17.5 Å². The number of nitrogens with two attached hydrogens (primary N) is 2. The van der Waals surface area contributed by atoms with E-state index in [1.807, 2.05) is 0 Å². The van der Waals surface area contributed by atoms with Crippen LogP contribution in [-0.2, 0) is 0 Å². The summed E-state index contributed by atoms with van der Waals surface area (Å²) in [6.45, 7) is 0. The second-order valence-electron chi connectivity index (χ2n) is 4.11. The number of nitro benzene ring substituents is 1. The highest BCUT2D eigenvalue weighted by Crippen LogP contribution is 2.40. The Morgan fingerprint density at radius 1 is 1.41 bits per heavy atom. The highest BCUT2D eigenvalue weighted by Gasteiger charge is 2.23. The molecule has 10 heteroatoms. The van der Waals surface area contributed by atoms with E-state index in [1.54, 1.807) is 6.07 Å². The number of nitro groups is 1. The molecule has 0 atom stereocenters. The summed E-state index contributed by atoms with van der Waals surface area (Å²) >= 11 is 0. The van der Waals surface area contributed by atoms with Gasteiger partial charge in [0.15, 0.2) is 5.75 Å². The Bertz CT molecular complexity index is 814. The van der Waals surface area contributed by atoms with E-state index >= 15 is 0 Å². The molecule has 0 aliphatic heterocycles. The first-order valence-electron chi connectivity index (χ1n) is 5.77. The molecule has 10 nitrogen and oxygen atoms in total. The van der Waals surface area contributed by atoms with Gasteiger partial charge in [-0.15, -0.1) is 0 Å². The molecule has 0 saturated carbocycles. The molecule has 0 fully saturated rings. The number of phenols is 1. The van der Waals surface area contributed by atoms with Crippen LogP contribution >= 0.6 is 0 Å². The summed E-state index contributed by atoms with van der Waals surface area (Å²) in [6, 6.07) is 4.06. The maximum atomic E-state index is 11.1. The second kappa shape index (κ2) is 5.41. The van der Waals surface area contributed by atoms with Gasteiger partial charge in [0.05, 0.1) is 17.7 Å². The van der Waals surface area contributed by atoms with Gasteiger partial charge in [-0.05, 0) is 6.07 Å². The number of nitrogen functional groups attached to an aromatic ring is 2. The third-order valence-electron chi connectivity index (χ3n) is 2.79. The highest BCUT2D eigenvalue weighted by atomic mass is 16.6. The lowest BCUT2D eigenvalue weighted by Gasteiger charge is -2.09. The van der Waals surface area contributed by atoms with Crippen molar-refractivity contribution in [3.8, 4) is 28.8 Å². The molecular weight excluding hydrogens is 292 g/mol. The fourth-order valence-electron chi connectivity index (χ4n) is 1.90. The second-order valence-corrected chi connectivity index (χ2v) is 4.11. The Kier molecular flexibility index (Phi) is 3.64. The van der Waals surface area contributed by atoms with E-state index in [0.717, 1.165) is 12.1 Å². The molecule has 112 valence electrons. The quantitative estimate of drug-likeness (QED) is 0.546. The van der Waals surface area contributed by atoms with E-state index in [4.69, 9.17) is 21.5 Å². The predicted molar refractivity (Wildman–Crippen MR) is 75.9 cm³/mol. The number of phenolic OH excluding ortho intramolecular Hbond substituents is 1. The van der Waals surface area contributed by atoms with Crippen LogP contribution in [0, 0.1) is 21.4 Å². The Labute approximate surface area is 123 Å². The monoisotopic (exact) mass is 302 g/mol. The summed E-state index contributed by atoms with van der Waals surface area (Å²) in [5.41, 5.74) is 10.5. The zero-order valence-electron chi connectivity index (χ0n) is 11.3. The van der Waals surface area contributed by atoms with Crippen LogP contribution < -0.4 is 16.2 Å². The number of aromatic hydroxyl groups is 1. The van der Waals surface area contributed by atoms with Gasteiger partial charge < -0.3 is 21.3 Å². The Morgan fingerprint density at radius 2 is 2.09 bits per heavy atom. The van der Waals surface area contributed by atoms with Crippen molar-refractivity contribution in [1.29, 1.82) is 5.26 Å². The fourth-order valence-corrected chi connectivity index (χ4v) is 1.90. The standard InChI is InChI=1S/C12H10N6O4/c1-22-10-7(18(20)21)2-5(3-8(10)19)9-6(4-13)11(14)17-12(15)16-9/h2-3,19H,1H3,(H4,14,15,16,17). The molecule has 0 amide bonds. The lowest BCUT2D eigenvalue weighted by atomic mass is 10.1. The summed E-state index contributed by atoms with van der Waals surface area (Å²) in [5.74, 6) is -1.15. The summed E-state index contributed by atoms with van der Waals surface area (Å²) < 4.78 is 4.79. The van der Waals surface area contributed by atoms with Crippen molar-refractivity contribution in [2.45, 2.75) is 0 Å². The molecule has 22 heavy (non-hydrogen) atoms. The molecule has 0 spiro atoms. The Hall–Kier alpha value is -3.61. The number of aromatic nitrogens is 2. The molecule has 1 aromatic heterocycles. The van der Waals surface area contributed by atoms with Gasteiger partial charge in [-0.3, -0.25) is 10.1 Å². The van der Waals surface area contributed by atoms with E-state index in [2.05, 4.69) is 9.97 Å². The zero-order valence-corrected chi connectivity index (χ0v) is 11.3. The number of rotatable bonds is 3. The van der Waals surface area contributed by atoms with E-state index < -0.39 is 16.4 Å². The largest absolute Gasteiger partial charge is 0.504 e. The normalized spacial score (nSPS) is 10.0. The van der Waals surface area contributed by atoms with Gasteiger partial charge in [0.1, 0.15) is 17.5 Å². The van der Waals surface area contributed by atoms with Crippen LogP contribution in [-0.4, -0.2) is 27.1 Å². The lowest BCUT2D eigenvalue weighted by molar-refractivity contribution is -0.385. The van der Waals surface area contributed by atoms with E-state index in [9.17, 15) is 15.2 Å². The Balaban J connectivity index is 2.80. The third kappa shape index (κ3) is 2.38. The van der Waals surface area contributed by atoms with E-state index in [1.165, 1.54) is 7.11 Å². The zero-order chi connectivity index (χ0) is 16.4. The smallest absolute Gasteiger partial charge is 0.315 e. The molecule has 0 aliphatic rings. The lowest BCUT2D eigenvalue weighted by Crippen LogP contribution is -2.05. The first-order chi connectivity index (χ1) is 10.4. The maximum absolute atomic E-state index is 11.1. The van der Waals surface area contributed by atoms with Crippen molar-refractivity contribution >= 4 is 17.5 Å². The van der Waals surface area contributed by atoms with Crippen LogP contribution in [0.1, 0.15) is 5.56 Å². The van der Waals surface area contributed by atoms with E-state index in [-0.39, 0.29) is 34.3 Å². The van der Waals surface area contributed by atoms with Crippen LogP contribution in [0.15, 0.2) is 12.1 Å². The van der Waals surface area contributed by atoms with E-state index in [0.29, 0.717) is 0 Å². The summed E-state index contributed by atoms with van der Waals surface area (Å²) in [5, 5.41) is 30.1. The minimum Gasteiger partial charge on any atom is -0.504 e. The number of hydrogen-bond donors (Lipinski definition) is 3. The van der Waals surface area contributed by atoms with Gasteiger partial charge in [-0.25, -0.2) is 4.98 Å². The number of ether oxygens (including phenoxy) is 1. The molecule has 1 aromatic carbocycles. The van der Waals surface area contributed by atoms with Gasteiger partial charge in [0.25, 0.3) is 0 Å². The van der Waals surface area contributed by atoms with Crippen molar-refractivity contribution < 1.29 is 14.8 Å². The first kappa shape index (κ1) is 14.8. The average molecular weight is 302 g/mol. The van der Waals surface area contributed by atoms with Crippen molar-refractivity contribution in [3.63, 3.8) is 0 Å². The minimum absolute atomic E-state index is 0.0199. The molecule has 5 N–H and O–H groups in total. The summed E-state index contributed by atoms with van der Waals surface area (Å²) in [4.78, 5) is 17.8. The van der Waals surface area contributed by atoms with Crippen molar-refractivity contribution in [2.75, 3.05) is 18.6 Å². The molecule has 0 unspecified atom stereocenters. The molecule has 2 rings (SSSR count). The van der Waals surface area contributed by atoms with Gasteiger partial charge >= 0.3 is 5.69 Å². The third-order valence-corrected chi connectivity index (χ3v) is 2.79. The molecule has 2 aromatic rings. The number of nitriles is 1. The van der Waals surface area contributed by atoms with Crippen LogP contribution in [0.2, 0.25) is 0 Å². The van der Waals surface area contributed by atoms with Crippen molar-refractivity contribution in [3.05, 3.63) is 27.8 Å². The number of anilines is 2. The van der Waals surface area contributed by atoms with Crippen molar-refractivity contribution in [2.24, 2.45) is 0 Å². The minimum atomic E-state index is -0.734. The number of methoxy groups -OCH3 is 1. The SMILES string of the molecule is COc1c(O)cc(-c2nc(N)nc(N)c2C#N)cc1[N+](=O)[O-]. The van der Waals surface area contributed by atoms with Crippen LogP contribution in [0.25, 0.3) is 11.3 Å². The van der Waals surface area contributed by atoms with Crippen LogP contribution in [0.3, 0.4) is 0 Å². The van der Waals surface area contributed by atoms with Gasteiger partial charge in [-0.2, -0.15) is 10.2 Å². The van der Waals surface area contributed by atoms with Gasteiger partial charge in [-0.1, -0.05) is 0 Å². The molecule has 0 saturated heterocycles. The Morgan fingerprint density at radius 3 is 2.64 bits per heavy atom. The summed E-state index contributed by atoms with van der Waals surface area (Å²) in [7, 11) is 1.18. The molecule has 1 heterocycles. The average Bonchev–Trinajstić information content (AvgIpc) is 2.45. The molecule has 0 aliphatic carbocycles. The molecule has 0 radical (unpaired) electrons. The predicted octanol–water partition coefficient (Wildman–Crippen LogP) is 0.802. The maximum Gasteiger partial charge on any atom is 0.315 e. The number of nitrogens with zero attached hydrogens (tertiary/aromatic N) is 4. The van der Waals surface area contributed by atoms with Gasteiger partial charge in [0.2, 0.25) is 11.7 Å². The number of hydrogen-bond acceptors (Lipinski definition) is 9. The number of benzene rings is 1.